The maximum atomic E-state index is 12.7. The van der Waals surface area contributed by atoms with Crippen LogP contribution in [0.1, 0.15) is 58.6 Å². The third-order valence-corrected chi connectivity index (χ3v) is 5.05. The second-order valence-electron chi connectivity index (χ2n) is 6.68. The SMILES string of the molecule is CCCCCOC(=O)C1=C(C)NC(=S)N[C@@H]1c1ccc(N(CC)CC)cc1. The fraction of sp³-hybridized carbons (Fsp3) is 0.524. The largest absolute Gasteiger partial charge is 0.462 e. The van der Waals surface area contributed by atoms with Crippen LogP contribution in [0, 0.1) is 0 Å². The van der Waals surface area contributed by atoms with Crippen LogP contribution in [-0.4, -0.2) is 30.8 Å². The van der Waals surface area contributed by atoms with Crippen LogP contribution >= 0.6 is 12.2 Å². The maximum absolute atomic E-state index is 12.7. The van der Waals surface area contributed by atoms with E-state index in [0.29, 0.717) is 17.3 Å². The third-order valence-electron chi connectivity index (χ3n) is 4.83. The highest BCUT2D eigenvalue weighted by atomic mass is 32.1. The fourth-order valence-corrected chi connectivity index (χ4v) is 3.55. The highest BCUT2D eigenvalue weighted by Gasteiger charge is 2.30. The molecule has 2 N–H and O–H groups in total. The van der Waals surface area contributed by atoms with Crippen molar-refractivity contribution in [1.29, 1.82) is 0 Å². The minimum absolute atomic E-state index is 0.288. The summed E-state index contributed by atoms with van der Waals surface area (Å²) in [4.78, 5) is 15.0. The molecule has 0 spiro atoms. The lowest BCUT2D eigenvalue weighted by molar-refractivity contribution is -0.139. The number of carbonyl (C=O) groups excluding carboxylic acids is 1. The average Bonchev–Trinajstić information content (AvgIpc) is 2.66. The number of benzene rings is 1. The molecular weight excluding hydrogens is 358 g/mol. The first-order chi connectivity index (χ1) is 13.0. The van der Waals surface area contributed by atoms with Crippen LogP contribution in [0.4, 0.5) is 5.69 Å². The summed E-state index contributed by atoms with van der Waals surface area (Å²) < 4.78 is 5.51. The molecule has 0 bridgehead atoms. The predicted octanol–water partition coefficient (Wildman–Crippen LogP) is 4.06. The zero-order chi connectivity index (χ0) is 19.8. The number of ether oxygens (including phenoxy) is 1. The first-order valence-electron chi connectivity index (χ1n) is 9.82. The summed E-state index contributed by atoms with van der Waals surface area (Å²) in [5.41, 5.74) is 3.51. The van der Waals surface area contributed by atoms with Gasteiger partial charge in [0.2, 0.25) is 0 Å². The second kappa shape index (κ2) is 10.3. The molecule has 0 aliphatic carbocycles. The molecule has 0 unspecified atom stereocenters. The van der Waals surface area contributed by atoms with Gasteiger partial charge in [-0.05, 0) is 57.1 Å². The molecule has 1 heterocycles. The highest BCUT2D eigenvalue weighted by molar-refractivity contribution is 7.80. The van der Waals surface area contributed by atoms with E-state index >= 15 is 0 Å². The van der Waals surface area contributed by atoms with Crippen molar-refractivity contribution >= 4 is 29.0 Å². The molecule has 148 valence electrons. The molecular formula is C21H31N3O2S. The van der Waals surface area contributed by atoms with Crippen molar-refractivity contribution in [3.05, 3.63) is 41.1 Å². The maximum Gasteiger partial charge on any atom is 0.338 e. The fourth-order valence-electron chi connectivity index (χ4n) is 3.28. The van der Waals surface area contributed by atoms with Crippen LogP contribution in [0.2, 0.25) is 0 Å². The van der Waals surface area contributed by atoms with Crippen molar-refractivity contribution in [2.24, 2.45) is 0 Å². The van der Waals surface area contributed by atoms with Crippen molar-refractivity contribution in [3.63, 3.8) is 0 Å². The molecule has 27 heavy (non-hydrogen) atoms. The lowest BCUT2D eigenvalue weighted by Gasteiger charge is -2.30. The first-order valence-corrected chi connectivity index (χ1v) is 10.2. The number of allylic oxidation sites excluding steroid dienone is 1. The van der Waals surface area contributed by atoms with Gasteiger partial charge in [0.1, 0.15) is 0 Å². The Hall–Kier alpha value is -2.08. The van der Waals surface area contributed by atoms with Gasteiger partial charge < -0.3 is 20.3 Å². The molecule has 0 fully saturated rings. The summed E-state index contributed by atoms with van der Waals surface area (Å²) in [6, 6.07) is 7.99. The Kier molecular flexibility index (Phi) is 8.10. The number of nitrogens with one attached hydrogen (secondary N) is 2. The van der Waals surface area contributed by atoms with Gasteiger partial charge in [-0.2, -0.15) is 0 Å². The third kappa shape index (κ3) is 5.45. The molecule has 1 aromatic rings. The van der Waals surface area contributed by atoms with E-state index in [1.54, 1.807) is 0 Å². The summed E-state index contributed by atoms with van der Waals surface area (Å²) >= 11 is 5.31. The van der Waals surface area contributed by atoms with Crippen molar-refractivity contribution < 1.29 is 9.53 Å². The molecule has 1 atom stereocenters. The number of esters is 1. The number of rotatable bonds is 9. The Balaban J connectivity index is 2.22. The number of carbonyl (C=O) groups is 1. The van der Waals surface area contributed by atoms with E-state index in [9.17, 15) is 4.79 Å². The van der Waals surface area contributed by atoms with Gasteiger partial charge >= 0.3 is 5.97 Å². The number of thiocarbonyl (C=S) groups is 1. The molecule has 0 radical (unpaired) electrons. The average molecular weight is 390 g/mol. The molecule has 0 saturated heterocycles. The minimum atomic E-state index is -0.303. The monoisotopic (exact) mass is 389 g/mol. The Bertz CT molecular complexity index is 681. The van der Waals surface area contributed by atoms with Crippen molar-refractivity contribution in [2.45, 2.75) is 53.0 Å². The summed E-state index contributed by atoms with van der Waals surface area (Å²) in [7, 11) is 0. The van der Waals surface area contributed by atoms with Crippen LogP contribution < -0.4 is 15.5 Å². The number of unbranched alkanes of at least 4 members (excludes halogenated alkanes) is 2. The van der Waals surface area contributed by atoms with Gasteiger partial charge in [0.25, 0.3) is 0 Å². The number of hydrogen-bond donors (Lipinski definition) is 2. The molecule has 1 aromatic carbocycles. The quantitative estimate of drug-likeness (QED) is 0.377. The van der Waals surface area contributed by atoms with Gasteiger partial charge in [-0.15, -0.1) is 0 Å². The van der Waals surface area contributed by atoms with E-state index in [4.69, 9.17) is 17.0 Å². The Morgan fingerprint density at radius 1 is 1.15 bits per heavy atom. The van der Waals surface area contributed by atoms with Gasteiger partial charge in [-0.25, -0.2) is 4.79 Å². The van der Waals surface area contributed by atoms with Crippen molar-refractivity contribution in [1.82, 2.24) is 10.6 Å². The summed E-state index contributed by atoms with van der Waals surface area (Å²) in [5.74, 6) is -0.288. The van der Waals surface area contributed by atoms with E-state index in [2.05, 4.69) is 60.6 Å². The predicted molar refractivity (Wildman–Crippen MR) is 115 cm³/mol. The van der Waals surface area contributed by atoms with Crippen LogP contribution in [-0.2, 0) is 9.53 Å². The van der Waals surface area contributed by atoms with Crippen molar-refractivity contribution in [3.8, 4) is 0 Å². The van der Waals surface area contributed by atoms with Crippen LogP contribution in [0.15, 0.2) is 35.5 Å². The summed E-state index contributed by atoms with van der Waals surface area (Å²) in [6.45, 7) is 10.6. The van der Waals surface area contributed by atoms with Gasteiger partial charge in [0.05, 0.1) is 18.2 Å². The number of hydrogen-bond acceptors (Lipinski definition) is 4. The molecule has 2 rings (SSSR count). The van der Waals surface area contributed by atoms with Crippen molar-refractivity contribution in [2.75, 3.05) is 24.6 Å². The number of anilines is 1. The Morgan fingerprint density at radius 2 is 1.81 bits per heavy atom. The summed E-state index contributed by atoms with van der Waals surface area (Å²) in [5, 5.41) is 6.79. The zero-order valence-corrected chi connectivity index (χ0v) is 17.6. The Labute approximate surface area is 168 Å². The van der Waals surface area contributed by atoms with E-state index in [0.717, 1.165) is 43.6 Å². The molecule has 1 aliphatic rings. The van der Waals surface area contributed by atoms with Crippen LogP contribution in [0.3, 0.4) is 0 Å². The van der Waals surface area contributed by atoms with Gasteiger partial charge in [0, 0.05) is 24.5 Å². The smallest absolute Gasteiger partial charge is 0.338 e. The standard InChI is InChI=1S/C21H31N3O2S/c1-5-8-9-14-26-20(25)18-15(4)22-21(27)23-19(18)16-10-12-17(13-11-16)24(6-2)7-3/h10-13,19H,5-9,14H2,1-4H3,(H2,22,23,27)/t19-/m1/s1. The van der Waals surface area contributed by atoms with E-state index in [-0.39, 0.29) is 12.0 Å². The topological polar surface area (TPSA) is 53.6 Å². The molecule has 1 aliphatic heterocycles. The van der Waals surface area contributed by atoms with Gasteiger partial charge in [-0.1, -0.05) is 31.9 Å². The summed E-state index contributed by atoms with van der Waals surface area (Å²) in [6.07, 6.45) is 3.04. The van der Waals surface area contributed by atoms with E-state index < -0.39 is 0 Å². The highest BCUT2D eigenvalue weighted by Crippen LogP contribution is 2.29. The Morgan fingerprint density at radius 3 is 2.41 bits per heavy atom. The lowest BCUT2D eigenvalue weighted by atomic mass is 9.95. The normalized spacial score (nSPS) is 16.6. The second-order valence-corrected chi connectivity index (χ2v) is 7.09. The number of nitrogens with zero attached hydrogens (tertiary/aromatic N) is 1. The molecule has 0 amide bonds. The molecule has 5 nitrogen and oxygen atoms in total. The van der Waals surface area contributed by atoms with Crippen LogP contribution in [0.5, 0.6) is 0 Å². The van der Waals surface area contributed by atoms with Gasteiger partial charge in [0.15, 0.2) is 5.11 Å². The molecule has 0 saturated carbocycles. The zero-order valence-electron chi connectivity index (χ0n) is 16.8. The van der Waals surface area contributed by atoms with Gasteiger partial charge in [-0.3, -0.25) is 0 Å². The van der Waals surface area contributed by atoms with E-state index in [1.165, 1.54) is 5.69 Å². The van der Waals surface area contributed by atoms with Crippen LogP contribution in [0.25, 0.3) is 0 Å². The lowest BCUT2D eigenvalue weighted by Crippen LogP contribution is -2.45. The minimum Gasteiger partial charge on any atom is -0.462 e. The van der Waals surface area contributed by atoms with E-state index in [1.807, 2.05) is 6.92 Å². The molecule has 0 aromatic heterocycles. The first kappa shape index (κ1) is 21.2. The molecule has 6 heteroatoms.